The van der Waals surface area contributed by atoms with E-state index in [2.05, 4.69) is 10.3 Å². The molecule has 0 bridgehead atoms. The second-order valence-corrected chi connectivity index (χ2v) is 9.35. The summed E-state index contributed by atoms with van der Waals surface area (Å²) in [6.07, 6.45) is 3.19. The monoisotopic (exact) mass is 481 g/mol. The normalized spacial score (nSPS) is 11.5. The van der Waals surface area contributed by atoms with Crippen LogP contribution in [0.1, 0.15) is 11.1 Å². The van der Waals surface area contributed by atoms with Crippen molar-refractivity contribution in [3.8, 4) is 0 Å². The number of pyridine rings is 1. The molecule has 0 atom stereocenters. The van der Waals surface area contributed by atoms with Crippen molar-refractivity contribution in [2.75, 3.05) is 6.54 Å². The van der Waals surface area contributed by atoms with Crippen LogP contribution in [0.15, 0.2) is 71.9 Å². The largest absolute Gasteiger partial charge is 0.351 e. The maximum Gasteiger partial charge on any atom is 0.243 e. The van der Waals surface area contributed by atoms with E-state index in [1.807, 2.05) is 0 Å². The summed E-state index contributed by atoms with van der Waals surface area (Å²) in [5.74, 6) is -1.23. The quantitative estimate of drug-likeness (QED) is 0.526. The van der Waals surface area contributed by atoms with Gasteiger partial charge in [0.05, 0.1) is 11.4 Å². The first-order chi connectivity index (χ1) is 14.8. The zero-order valence-corrected chi connectivity index (χ0v) is 18.5. The molecule has 0 unspecified atom stereocenters. The molecule has 31 heavy (non-hydrogen) atoms. The molecule has 1 amide bonds. The van der Waals surface area contributed by atoms with Crippen LogP contribution in [0.2, 0.25) is 10.0 Å². The second kappa shape index (κ2) is 10.2. The molecule has 1 N–H and O–H groups in total. The van der Waals surface area contributed by atoms with Gasteiger partial charge >= 0.3 is 0 Å². The number of rotatable bonds is 8. The molecular formula is C21H18Cl2FN3O3S. The lowest BCUT2D eigenvalue weighted by atomic mass is 10.2. The molecule has 2 aromatic carbocycles. The number of nitrogens with one attached hydrogen (secondary N) is 1. The van der Waals surface area contributed by atoms with Gasteiger partial charge in [0.15, 0.2) is 0 Å². The first kappa shape index (κ1) is 23.1. The number of sulfonamides is 1. The van der Waals surface area contributed by atoms with Crippen LogP contribution in [0.5, 0.6) is 0 Å². The predicted octanol–water partition coefficient (Wildman–Crippen LogP) is 4.03. The summed E-state index contributed by atoms with van der Waals surface area (Å²) in [7, 11) is -4.15. The molecule has 0 aliphatic heterocycles. The van der Waals surface area contributed by atoms with Crippen molar-refractivity contribution in [3.05, 3.63) is 94.0 Å². The summed E-state index contributed by atoms with van der Waals surface area (Å²) in [6.45, 7) is -0.783. The maximum atomic E-state index is 14.3. The van der Waals surface area contributed by atoms with Crippen molar-refractivity contribution >= 4 is 39.1 Å². The molecule has 1 heterocycles. The molecule has 3 rings (SSSR count). The van der Waals surface area contributed by atoms with E-state index in [1.54, 1.807) is 24.5 Å². The summed E-state index contributed by atoms with van der Waals surface area (Å²) < 4.78 is 41.6. The van der Waals surface area contributed by atoms with Crippen molar-refractivity contribution in [1.29, 1.82) is 0 Å². The van der Waals surface area contributed by atoms with E-state index < -0.39 is 34.8 Å². The number of amides is 1. The van der Waals surface area contributed by atoms with Gasteiger partial charge in [-0.1, -0.05) is 35.3 Å². The highest BCUT2D eigenvalue weighted by Gasteiger charge is 2.28. The van der Waals surface area contributed by atoms with Crippen LogP contribution in [0.4, 0.5) is 4.39 Å². The Bertz CT molecular complexity index is 1140. The number of carbonyl (C=O) groups is 1. The first-order valence-corrected chi connectivity index (χ1v) is 11.3. The average molecular weight is 482 g/mol. The van der Waals surface area contributed by atoms with Crippen molar-refractivity contribution in [2.24, 2.45) is 0 Å². The molecule has 6 nitrogen and oxygen atoms in total. The van der Waals surface area contributed by atoms with Gasteiger partial charge < -0.3 is 5.32 Å². The lowest BCUT2D eigenvalue weighted by Crippen LogP contribution is -2.40. The number of nitrogens with zero attached hydrogens (tertiary/aromatic N) is 2. The number of hydrogen-bond acceptors (Lipinski definition) is 4. The summed E-state index contributed by atoms with van der Waals surface area (Å²) in [4.78, 5) is 16.4. The van der Waals surface area contributed by atoms with Crippen molar-refractivity contribution in [1.82, 2.24) is 14.6 Å². The van der Waals surface area contributed by atoms with Gasteiger partial charge in [-0.05, 0) is 48.0 Å². The van der Waals surface area contributed by atoms with Crippen molar-refractivity contribution in [2.45, 2.75) is 18.0 Å². The number of aromatic nitrogens is 1. The second-order valence-electron chi connectivity index (χ2n) is 6.57. The van der Waals surface area contributed by atoms with E-state index in [-0.39, 0.29) is 22.0 Å². The van der Waals surface area contributed by atoms with Crippen molar-refractivity contribution < 1.29 is 17.6 Å². The topological polar surface area (TPSA) is 79.4 Å². The van der Waals surface area contributed by atoms with Crippen LogP contribution in [0, 0.1) is 5.82 Å². The lowest BCUT2D eigenvalue weighted by molar-refractivity contribution is -0.121. The SMILES string of the molecule is O=C(CN(Cc1c(F)cccc1Cl)S(=O)(=O)c1ccc(Cl)cc1)NCc1cccnc1. The molecule has 162 valence electrons. The van der Waals surface area contributed by atoms with E-state index in [9.17, 15) is 17.6 Å². The predicted molar refractivity (Wildman–Crippen MR) is 117 cm³/mol. The van der Waals surface area contributed by atoms with Gasteiger partial charge in [-0.25, -0.2) is 12.8 Å². The molecule has 0 saturated heterocycles. The Kier molecular flexibility index (Phi) is 7.61. The minimum absolute atomic E-state index is 0.0261. The average Bonchev–Trinajstić information content (AvgIpc) is 2.75. The zero-order chi connectivity index (χ0) is 22.4. The molecule has 0 fully saturated rings. The van der Waals surface area contributed by atoms with Crippen LogP contribution in [-0.2, 0) is 27.9 Å². The molecule has 0 saturated carbocycles. The molecule has 0 aliphatic rings. The number of carbonyl (C=O) groups excluding carboxylic acids is 1. The van der Waals surface area contributed by atoms with Gasteiger partial charge in [-0.3, -0.25) is 9.78 Å². The van der Waals surface area contributed by atoms with E-state index in [4.69, 9.17) is 23.2 Å². The highest BCUT2D eigenvalue weighted by Crippen LogP contribution is 2.25. The van der Waals surface area contributed by atoms with Gasteiger partial charge in [0.1, 0.15) is 5.82 Å². The highest BCUT2D eigenvalue weighted by atomic mass is 35.5. The Morgan fingerprint density at radius 2 is 1.81 bits per heavy atom. The fraction of sp³-hybridized carbons (Fsp3) is 0.143. The molecule has 1 aromatic heterocycles. The lowest BCUT2D eigenvalue weighted by Gasteiger charge is -2.23. The van der Waals surface area contributed by atoms with E-state index >= 15 is 0 Å². The summed E-state index contributed by atoms with van der Waals surface area (Å²) in [5.41, 5.74) is 0.724. The third-order valence-corrected chi connectivity index (χ3v) is 6.79. The molecule has 0 aliphatic carbocycles. The van der Waals surface area contributed by atoms with Crippen molar-refractivity contribution in [3.63, 3.8) is 0 Å². The molecule has 10 heteroatoms. The van der Waals surface area contributed by atoms with E-state index in [0.29, 0.717) is 5.02 Å². The Labute approximate surface area is 189 Å². The summed E-state index contributed by atoms with van der Waals surface area (Å²) in [5, 5.41) is 3.06. The molecular weight excluding hydrogens is 464 g/mol. The third-order valence-electron chi connectivity index (χ3n) is 4.38. The number of hydrogen-bond donors (Lipinski definition) is 1. The smallest absolute Gasteiger partial charge is 0.243 e. The summed E-state index contributed by atoms with van der Waals surface area (Å²) in [6, 6.07) is 13.0. The van der Waals surface area contributed by atoms with Gasteiger partial charge in [-0.15, -0.1) is 0 Å². The zero-order valence-electron chi connectivity index (χ0n) is 16.1. The van der Waals surface area contributed by atoms with E-state index in [0.717, 1.165) is 9.87 Å². The molecule has 0 radical (unpaired) electrons. The van der Waals surface area contributed by atoms with Crippen LogP contribution < -0.4 is 5.32 Å². The van der Waals surface area contributed by atoms with Crippen LogP contribution in [0.3, 0.4) is 0 Å². The maximum absolute atomic E-state index is 14.3. The third kappa shape index (κ3) is 6.01. The highest BCUT2D eigenvalue weighted by molar-refractivity contribution is 7.89. The van der Waals surface area contributed by atoms with Crippen LogP contribution >= 0.6 is 23.2 Å². The fourth-order valence-electron chi connectivity index (χ4n) is 2.76. The van der Waals surface area contributed by atoms with E-state index in [1.165, 1.54) is 42.5 Å². The van der Waals surface area contributed by atoms with Gasteiger partial charge in [0, 0.05) is 41.1 Å². The Morgan fingerprint density at radius 3 is 2.45 bits per heavy atom. The Balaban J connectivity index is 1.86. The fourth-order valence-corrected chi connectivity index (χ4v) is 4.47. The number of halogens is 3. The number of benzene rings is 2. The molecule has 0 spiro atoms. The van der Waals surface area contributed by atoms with Gasteiger partial charge in [0.2, 0.25) is 15.9 Å². The van der Waals surface area contributed by atoms with Gasteiger partial charge in [0.25, 0.3) is 0 Å². The van der Waals surface area contributed by atoms with Gasteiger partial charge in [-0.2, -0.15) is 4.31 Å². The Morgan fingerprint density at radius 1 is 1.06 bits per heavy atom. The van der Waals surface area contributed by atoms with Crippen LogP contribution in [0.25, 0.3) is 0 Å². The minimum Gasteiger partial charge on any atom is -0.351 e. The summed E-state index contributed by atoms with van der Waals surface area (Å²) >= 11 is 11.9. The first-order valence-electron chi connectivity index (χ1n) is 9.11. The minimum atomic E-state index is -4.15. The van der Waals surface area contributed by atoms with Crippen LogP contribution in [-0.4, -0.2) is 30.2 Å². The molecule has 3 aromatic rings. The standard InChI is InChI=1S/C21H18Cl2FN3O3S/c22-16-6-8-17(9-7-16)31(29,30)27(13-18-19(23)4-1-5-20(18)24)14-21(28)26-12-15-3-2-10-25-11-15/h1-11H,12-14H2,(H,26,28). The Hall–Kier alpha value is -2.52.